The van der Waals surface area contributed by atoms with Crippen LogP contribution in [0.2, 0.25) is 5.02 Å². The van der Waals surface area contributed by atoms with Gasteiger partial charge >= 0.3 is 0 Å². The summed E-state index contributed by atoms with van der Waals surface area (Å²) < 4.78 is 5.31. The topological polar surface area (TPSA) is 59.6 Å². The molecular formula is C16H25ClIN3O. The summed E-state index contributed by atoms with van der Waals surface area (Å²) in [7, 11) is 1.63. The molecule has 3 N–H and O–H groups in total. The second-order valence-corrected chi connectivity index (χ2v) is 5.93. The Hall–Kier alpha value is -0.690. The highest BCUT2D eigenvalue weighted by molar-refractivity contribution is 14.0. The van der Waals surface area contributed by atoms with Crippen molar-refractivity contribution in [3.8, 4) is 5.75 Å². The summed E-state index contributed by atoms with van der Waals surface area (Å²) in [6.07, 6.45) is 7.57. The van der Waals surface area contributed by atoms with E-state index in [0.717, 1.165) is 11.3 Å². The van der Waals surface area contributed by atoms with Crippen LogP contribution in [0, 0.1) is 0 Å². The largest absolute Gasteiger partial charge is 0.496 e. The zero-order chi connectivity index (χ0) is 15.1. The molecule has 6 heteroatoms. The van der Waals surface area contributed by atoms with E-state index in [-0.39, 0.29) is 24.0 Å². The molecule has 0 bridgehead atoms. The van der Waals surface area contributed by atoms with Gasteiger partial charge in [0.25, 0.3) is 0 Å². The molecule has 0 aliphatic heterocycles. The zero-order valence-corrected chi connectivity index (χ0v) is 16.1. The summed E-state index contributed by atoms with van der Waals surface area (Å²) >= 11 is 5.95. The third-order valence-corrected chi connectivity index (χ3v) is 4.11. The fraction of sp³-hybridized carbons (Fsp3) is 0.562. The molecule has 22 heavy (non-hydrogen) atoms. The van der Waals surface area contributed by atoms with E-state index in [1.807, 2.05) is 12.1 Å². The number of rotatable bonds is 4. The Morgan fingerprint density at radius 2 is 2.00 bits per heavy atom. The molecule has 1 fully saturated rings. The van der Waals surface area contributed by atoms with Crippen LogP contribution >= 0.6 is 35.6 Å². The molecule has 0 amide bonds. The zero-order valence-electron chi connectivity index (χ0n) is 13.0. The first kappa shape index (κ1) is 19.4. The molecule has 0 atom stereocenters. The minimum Gasteiger partial charge on any atom is -0.496 e. The van der Waals surface area contributed by atoms with Crippen LogP contribution in [-0.2, 0) is 6.54 Å². The van der Waals surface area contributed by atoms with E-state index in [1.54, 1.807) is 13.2 Å². The van der Waals surface area contributed by atoms with Crippen LogP contribution in [0.5, 0.6) is 5.75 Å². The summed E-state index contributed by atoms with van der Waals surface area (Å²) in [4.78, 5) is 4.42. The first-order chi connectivity index (χ1) is 10.2. The van der Waals surface area contributed by atoms with E-state index in [1.165, 1.54) is 38.5 Å². The number of guanidine groups is 1. The number of hydrogen-bond donors (Lipinski definition) is 2. The highest BCUT2D eigenvalue weighted by atomic mass is 127. The summed E-state index contributed by atoms with van der Waals surface area (Å²) in [6, 6.07) is 6.01. The lowest BCUT2D eigenvalue weighted by Gasteiger charge is -2.16. The second kappa shape index (κ2) is 10.2. The van der Waals surface area contributed by atoms with Crippen molar-refractivity contribution in [3.63, 3.8) is 0 Å². The average molecular weight is 438 g/mol. The molecule has 0 unspecified atom stereocenters. The van der Waals surface area contributed by atoms with Crippen molar-refractivity contribution >= 4 is 41.5 Å². The molecule has 0 spiro atoms. The maximum absolute atomic E-state index is 6.00. The van der Waals surface area contributed by atoms with Gasteiger partial charge in [-0.05, 0) is 25.0 Å². The molecule has 1 aromatic carbocycles. The SMILES string of the molecule is COc1cc(Cl)ccc1CN=C(N)NC1CCCCCC1.I. The van der Waals surface area contributed by atoms with Gasteiger partial charge in [0, 0.05) is 16.6 Å². The lowest BCUT2D eigenvalue weighted by atomic mass is 10.1. The monoisotopic (exact) mass is 437 g/mol. The lowest BCUT2D eigenvalue weighted by Crippen LogP contribution is -2.39. The maximum atomic E-state index is 6.00. The quantitative estimate of drug-likeness (QED) is 0.323. The number of nitrogens with zero attached hydrogens (tertiary/aromatic N) is 1. The van der Waals surface area contributed by atoms with Crippen molar-refractivity contribution < 1.29 is 4.74 Å². The second-order valence-electron chi connectivity index (χ2n) is 5.49. The van der Waals surface area contributed by atoms with Crippen LogP contribution < -0.4 is 15.8 Å². The summed E-state index contributed by atoms with van der Waals surface area (Å²) in [5, 5.41) is 4.00. The summed E-state index contributed by atoms with van der Waals surface area (Å²) in [5.41, 5.74) is 6.98. The molecule has 4 nitrogen and oxygen atoms in total. The predicted octanol–water partition coefficient (Wildman–Crippen LogP) is 4.09. The first-order valence-electron chi connectivity index (χ1n) is 7.58. The summed E-state index contributed by atoms with van der Waals surface area (Å²) in [6.45, 7) is 0.492. The van der Waals surface area contributed by atoms with Gasteiger partial charge in [-0.15, -0.1) is 24.0 Å². The number of methoxy groups -OCH3 is 1. The Bertz CT molecular complexity index is 488. The molecule has 0 aromatic heterocycles. The van der Waals surface area contributed by atoms with Crippen LogP contribution in [0.25, 0.3) is 0 Å². The Balaban J connectivity index is 0.00000242. The van der Waals surface area contributed by atoms with E-state index in [2.05, 4.69) is 10.3 Å². The van der Waals surface area contributed by atoms with E-state index in [4.69, 9.17) is 22.1 Å². The van der Waals surface area contributed by atoms with Gasteiger partial charge in [0.1, 0.15) is 5.75 Å². The van der Waals surface area contributed by atoms with Gasteiger partial charge in [-0.25, -0.2) is 4.99 Å². The smallest absolute Gasteiger partial charge is 0.189 e. The molecular weight excluding hydrogens is 413 g/mol. The van der Waals surface area contributed by atoms with E-state index >= 15 is 0 Å². The van der Waals surface area contributed by atoms with Crippen molar-refractivity contribution in [1.82, 2.24) is 5.32 Å². The molecule has 2 rings (SSSR count). The van der Waals surface area contributed by atoms with Gasteiger partial charge in [-0.2, -0.15) is 0 Å². The van der Waals surface area contributed by atoms with Crippen LogP contribution in [0.4, 0.5) is 0 Å². The van der Waals surface area contributed by atoms with Crippen LogP contribution in [-0.4, -0.2) is 19.1 Å². The van der Waals surface area contributed by atoms with Gasteiger partial charge < -0.3 is 15.8 Å². The van der Waals surface area contributed by atoms with Crippen LogP contribution in [0.1, 0.15) is 44.1 Å². The van der Waals surface area contributed by atoms with Crippen molar-refractivity contribution in [2.75, 3.05) is 7.11 Å². The number of benzene rings is 1. The number of hydrogen-bond acceptors (Lipinski definition) is 2. The molecule has 1 aliphatic rings. The van der Waals surface area contributed by atoms with Gasteiger partial charge in [0.05, 0.1) is 13.7 Å². The standard InChI is InChI=1S/C16H24ClN3O.HI/c1-21-15-10-13(17)9-8-12(15)11-19-16(18)20-14-6-4-2-3-5-7-14;/h8-10,14H,2-7,11H2,1H3,(H3,18,19,20);1H. The highest BCUT2D eigenvalue weighted by Crippen LogP contribution is 2.23. The molecule has 1 aliphatic carbocycles. The number of halogens is 2. The maximum Gasteiger partial charge on any atom is 0.189 e. The normalized spacial score (nSPS) is 16.5. The molecule has 0 saturated heterocycles. The highest BCUT2D eigenvalue weighted by Gasteiger charge is 2.12. The number of ether oxygens (including phenoxy) is 1. The molecule has 0 radical (unpaired) electrons. The average Bonchev–Trinajstić information content (AvgIpc) is 2.74. The Morgan fingerprint density at radius 3 is 2.64 bits per heavy atom. The number of nitrogens with two attached hydrogens (primary N) is 1. The van der Waals surface area contributed by atoms with Gasteiger partial charge in [0.15, 0.2) is 5.96 Å². The van der Waals surface area contributed by atoms with E-state index in [0.29, 0.717) is 23.6 Å². The van der Waals surface area contributed by atoms with Crippen molar-refractivity contribution in [2.24, 2.45) is 10.7 Å². The third kappa shape index (κ3) is 6.20. The molecule has 1 aromatic rings. The predicted molar refractivity (Wildman–Crippen MR) is 103 cm³/mol. The fourth-order valence-electron chi connectivity index (χ4n) is 2.70. The van der Waals surface area contributed by atoms with Crippen molar-refractivity contribution in [1.29, 1.82) is 0 Å². The fourth-order valence-corrected chi connectivity index (χ4v) is 2.86. The Kier molecular flexibility index (Phi) is 8.93. The third-order valence-electron chi connectivity index (χ3n) is 3.88. The Labute approximate surface area is 154 Å². The van der Waals surface area contributed by atoms with E-state index < -0.39 is 0 Å². The lowest BCUT2D eigenvalue weighted by molar-refractivity contribution is 0.410. The van der Waals surface area contributed by atoms with Crippen LogP contribution in [0.15, 0.2) is 23.2 Å². The molecule has 1 saturated carbocycles. The van der Waals surface area contributed by atoms with Crippen molar-refractivity contribution in [3.05, 3.63) is 28.8 Å². The number of aliphatic imine (C=N–C) groups is 1. The van der Waals surface area contributed by atoms with Crippen LogP contribution in [0.3, 0.4) is 0 Å². The van der Waals surface area contributed by atoms with Crippen molar-refractivity contribution in [2.45, 2.75) is 51.1 Å². The van der Waals surface area contributed by atoms with Gasteiger partial charge in [-0.1, -0.05) is 43.4 Å². The summed E-state index contributed by atoms with van der Waals surface area (Å²) in [5.74, 6) is 1.26. The minimum absolute atomic E-state index is 0. The van der Waals surface area contributed by atoms with Gasteiger partial charge in [-0.3, -0.25) is 0 Å². The van der Waals surface area contributed by atoms with Gasteiger partial charge in [0.2, 0.25) is 0 Å². The Morgan fingerprint density at radius 1 is 1.32 bits per heavy atom. The molecule has 0 heterocycles. The number of nitrogens with one attached hydrogen (secondary N) is 1. The van der Waals surface area contributed by atoms with E-state index in [9.17, 15) is 0 Å². The minimum atomic E-state index is 0. The molecule has 124 valence electrons. The first-order valence-corrected chi connectivity index (χ1v) is 7.95.